The average Bonchev–Trinajstić information content (AvgIpc) is 2.71. The minimum Gasteiger partial charge on any atom is -0.192 e. The Balaban J connectivity index is 1.89. The zero-order valence-corrected chi connectivity index (χ0v) is 15.4. The highest BCUT2D eigenvalue weighted by Crippen LogP contribution is 2.42. The lowest BCUT2D eigenvalue weighted by Gasteiger charge is -2.24. The van der Waals surface area contributed by atoms with Gasteiger partial charge in [-0.2, -0.15) is 17.9 Å². The summed E-state index contributed by atoms with van der Waals surface area (Å²) in [5, 5.41) is 14.2. The molecule has 1 nitrogen and oxygen atoms in total. The first-order valence-electron chi connectivity index (χ1n) is 8.77. The molecule has 2 unspecified atom stereocenters. The molecule has 0 saturated carbocycles. The number of nitriles is 1. The molecule has 0 radical (unpaired) electrons. The van der Waals surface area contributed by atoms with E-state index in [-0.39, 0.29) is 11.2 Å². The van der Waals surface area contributed by atoms with Crippen molar-refractivity contribution in [2.24, 2.45) is 0 Å². The number of benzene rings is 4. The van der Waals surface area contributed by atoms with E-state index in [1.165, 1.54) is 27.1 Å². The van der Waals surface area contributed by atoms with Crippen molar-refractivity contribution in [3.63, 3.8) is 0 Å². The van der Waals surface area contributed by atoms with Crippen molar-refractivity contribution in [2.75, 3.05) is 0 Å². The smallest absolute Gasteiger partial charge is 0.0991 e. The van der Waals surface area contributed by atoms with E-state index >= 15 is 0 Å². The lowest BCUT2D eigenvalue weighted by molar-refractivity contribution is 0.757. The fourth-order valence-corrected chi connectivity index (χ4v) is 4.06. The number of fused-ring (bicyclic) bond motifs is 2. The van der Waals surface area contributed by atoms with E-state index in [1.807, 2.05) is 24.3 Å². The molecule has 0 spiro atoms. The van der Waals surface area contributed by atoms with Crippen LogP contribution < -0.4 is 0 Å². The second kappa shape index (κ2) is 6.86. The van der Waals surface area contributed by atoms with Crippen LogP contribution in [0.25, 0.3) is 21.5 Å². The highest BCUT2D eigenvalue weighted by atomic mass is 32.1. The third kappa shape index (κ3) is 2.85. The Hall–Kier alpha value is -2.76. The maximum Gasteiger partial charge on any atom is 0.0991 e. The van der Waals surface area contributed by atoms with E-state index in [0.717, 1.165) is 5.56 Å². The summed E-state index contributed by atoms with van der Waals surface area (Å²) in [5.41, 5.74) is 3.15. The molecule has 2 atom stereocenters. The van der Waals surface area contributed by atoms with Crippen LogP contribution in [0, 0.1) is 11.3 Å². The number of hydrogen-bond acceptors (Lipinski definition) is 2. The van der Waals surface area contributed by atoms with Crippen molar-refractivity contribution in [3.8, 4) is 6.07 Å². The zero-order valence-electron chi connectivity index (χ0n) is 14.6. The largest absolute Gasteiger partial charge is 0.192 e. The van der Waals surface area contributed by atoms with E-state index in [2.05, 4.69) is 67.6 Å². The van der Waals surface area contributed by atoms with Crippen LogP contribution in [0.1, 0.15) is 34.8 Å². The molecule has 0 aliphatic carbocycles. The molecule has 0 saturated heterocycles. The van der Waals surface area contributed by atoms with Gasteiger partial charge in [0, 0.05) is 5.25 Å². The van der Waals surface area contributed by atoms with Gasteiger partial charge in [0.05, 0.1) is 11.6 Å². The van der Waals surface area contributed by atoms with E-state index < -0.39 is 0 Å². The summed E-state index contributed by atoms with van der Waals surface area (Å²) < 4.78 is 0. The maximum atomic E-state index is 9.02. The standard InChI is InChI=1S/C24H19NS/c1-16(24(26)18-12-10-17(15-25)11-13-18)23-21-8-4-2-6-19(21)14-20-7-3-5-9-22(20)23/h2-14,16,24,26H,1H3. The molecule has 0 aliphatic heterocycles. The van der Waals surface area contributed by atoms with Crippen molar-refractivity contribution >= 4 is 34.2 Å². The van der Waals surface area contributed by atoms with Crippen LogP contribution in [0.2, 0.25) is 0 Å². The van der Waals surface area contributed by atoms with Gasteiger partial charge in [-0.1, -0.05) is 67.6 Å². The van der Waals surface area contributed by atoms with Crippen LogP contribution >= 0.6 is 12.6 Å². The minimum atomic E-state index is 0.0527. The van der Waals surface area contributed by atoms with Crippen molar-refractivity contribution in [2.45, 2.75) is 18.1 Å². The first-order chi connectivity index (χ1) is 12.7. The number of hydrogen-bond donors (Lipinski definition) is 1. The van der Waals surface area contributed by atoms with Gasteiger partial charge in [0.25, 0.3) is 0 Å². The normalized spacial score (nSPS) is 13.4. The number of rotatable bonds is 3. The van der Waals surface area contributed by atoms with Gasteiger partial charge in [0.15, 0.2) is 0 Å². The number of nitrogens with zero attached hydrogens (tertiary/aromatic N) is 1. The minimum absolute atomic E-state index is 0.0527. The van der Waals surface area contributed by atoms with Gasteiger partial charge in [-0.3, -0.25) is 0 Å². The lowest BCUT2D eigenvalue weighted by atomic mass is 9.85. The molecule has 4 aromatic rings. The molecule has 0 aliphatic rings. The third-order valence-electron chi connectivity index (χ3n) is 5.12. The highest BCUT2D eigenvalue weighted by Gasteiger charge is 2.21. The third-order valence-corrected chi connectivity index (χ3v) is 5.87. The lowest BCUT2D eigenvalue weighted by Crippen LogP contribution is -2.04. The molecule has 4 aromatic carbocycles. The van der Waals surface area contributed by atoms with E-state index in [4.69, 9.17) is 17.9 Å². The van der Waals surface area contributed by atoms with E-state index in [1.54, 1.807) is 0 Å². The highest BCUT2D eigenvalue weighted by molar-refractivity contribution is 7.80. The Kier molecular flexibility index (Phi) is 4.41. The quantitative estimate of drug-likeness (QED) is 0.324. The fraction of sp³-hybridized carbons (Fsp3) is 0.125. The predicted octanol–water partition coefficient (Wildman–Crippen LogP) is 6.64. The Morgan fingerprint density at radius 1 is 0.808 bits per heavy atom. The summed E-state index contributed by atoms with van der Waals surface area (Å²) in [6.45, 7) is 2.24. The maximum absolute atomic E-state index is 9.02. The Morgan fingerprint density at radius 3 is 1.88 bits per heavy atom. The van der Waals surface area contributed by atoms with E-state index in [0.29, 0.717) is 5.56 Å². The molecule has 0 amide bonds. The van der Waals surface area contributed by atoms with Gasteiger partial charge in [0.1, 0.15) is 0 Å². The van der Waals surface area contributed by atoms with E-state index in [9.17, 15) is 0 Å². The van der Waals surface area contributed by atoms with Crippen LogP contribution in [-0.2, 0) is 0 Å². The molecule has 126 valence electrons. The second-order valence-corrected chi connectivity index (χ2v) is 7.26. The molecule has 0 N–H and O–H groups in total. The monoisotopic (exact) mass is 353 g/mol. The Morgan fingerprint density at radius 2 is 1.35 bits per heavy atom. The van der Waals surface area contributed by atoms with Crippen LogP contribution in [0.4, 0.5) is 0 Å². The first-order valence-corrected chi connectivity index (χ1v) is 9.29. The average molecular weight is 353 g/mol. The zero-order chi connectivity index (χ0) is 18.1. The van der Waals surface area contributed by atoms with Gasteiger partial charge in [-0.25, -0.2) is 0 Å². The summed E-state index contributed by atoms with van der Waals surface area (Å²) in [5.74, 6) is 0.224. The summed E-state index contributed by atoms with van der Waals surface area (Å²) >= 11 is 4.96. The second-order valence-electron chi connectivity index (χ2n) is 6.70. The van der Waals surface area contributed by atoms with Crippen molar-refractivity contribution in [1.29, 1.82) is 5.26 Å². The van der Waals surface area contributed by atoms with Crippen molar-refractivity contribution < 1.29 is 0 Å². The molecule has 2 heteroatoms. The molecular formula is C24H19NS. The van der Waals surface area contributed by atoms with Crippen LogP contribution in [-0.4, -0.2) is 0 Å². The van der Waals surface area contributed by atoms with Gasteiger partial charge in [-0.15, -0.1) is 0 Å². The molecular weight excluding hydrogens is 334 g/mol. The van der Waals surface area contributed by atoms with Crippen molar-refractivity contribution in [3.05, 3.63) is 95.6 Å². The fourth-order valence-electron chi connectivity index (χ4n) is 3.74. The molecule has 0 heterocycles. The molecule has 0 bridgehead atoms. The SMILES string of the molecule is CC(c1c2ccccc2cc2ccccc12)C(S)c1ccc(C#N)cc1. The summed E-state index contributed by atoms with van der Waals surface area (Å²) in [4.78, 5) is 0. The molecule has 26 heavy (non-hydrogen) atoms. The molecule has 0 fully saturated rings. The molecule has 0 aromatic heterocycles. The predicted molar refractivity (Wildman–Crippen MR) is 113 cm³/mol. The van der Waals surface area contributed by atoms with Gasteiger partial charge >= 0.3 is 0 Å². The summed E-state index contributed by atoms with van der Waals surface area (Å²) in [6, 6.07) is 29.3. The van der Waals surface area contributed by atoms with Gasteiger partial charge in [-0.05, 0) is 56.8 Å². The van der Waals surface area contributed by atoms with Crippen LogP contribution in [0.5, 0.6) is 0 Å². The van der Waals surface area contributed by atoms with Gasteiger partial charge in [0.2, 0.25) is 0 Å². The first kappa shape index (κ1) is 16.7. The molecule has 4 rings (SSSR count). The van der Waals surface area contributed by atoms with Gasteiger partial charge < -0.3 is 0 Å². The number of thiol groups is 1. The topological polar surface area (TPSA) is 23.8 Å². The van der Waals surface area contributed by atoms with Crippen LogP contribution in [0.3, 0.4) is 0 Å². The van der Waals surface area contributed by atoms with Crippen LogP contribution in [0.15, 0.2) is 78.9 Å². The Bertz CT molecular complexity index is 1070. The van der Waals surface area contributed by atoms with Crippen molar-refractivity contribution in [1.82, 2.24) is 0 Å². The Labute approximate surface area is 159 Å². The summed E-state index contributed by atoms with van der Waals surface area (Å²) in [7, 11) is 0. The summed E-state index contributed by atoms with van der Waals surface area (Å²) in [6.07, 6.45) is 0.